The Hall–Kier alpha value is -3.36. The number of nitrogens with zero attached hydrogens (tertiary/aromatic N) is 3. The molecule has 1 saturated carbocycles. The van der Waals surface area contributed by atoms with E-state index < -0.39 is 12.2 Å². The van der Waals surface area contributed by atoms with Crippen LogP contribution in [0.25, 0.3) is 11.2 Å². The molecule has 1 saturated heterocycles. The summed E-state index contributed by atoms with van der Waals surface area (Å²) >= 11 is 0. The van der Waals surface area contributed by atoms with Crippen molar-refractivity contribution in [1.82, 2.24) is 14.7 Å². The Bertz CT molecular complexity index is 1520. The van der Waals surface area contributed by atoms with Crippen molar-refractivity contribution in [3.8, 4) is 5.75 Å². The van der Waals surface area contributed by atoms with Crippen molar-refractivity contribution in [1.29, 1.82) is 0 Å². The summed E-state index contributed by atoms with van der Waals surface area (Å²) < 4.78 is 33.2. The van der Waals surface area contributed by atoms with Crippen LogP contribution < -0.4 is 10.1 Å². The van der Waals surface area contributed by atoms with Crippen LogP contribution in [0.15, 0.2) is 66.4 Å². The molecule has 8 heteroatoms. The highest BCUT2D eigenvalue weighted by Crippen LogP contribution is 2.56. The quantitative estimate of drug-likeness (QED) is 0.239. The number of imidazole rings is 1. The van der Waals surface area contributed by atoms with E-state index in [1.165, 1.54) is 18.9 Å². The summed E-state index contributed by atoms with van der Waals surface area (Å²) in [6.07, 6.45) is 9.41. The minimum Gasteiger partial charge on any atom is -0.435 e. The minimum absolute atomic E-state index is 0.105. The number of pyridine rings is 1. The maximum absolute atomic E-state index is 13.2. The monoisotopic (exact) mass is 546 g/mol. The van der Waals surface area contributed by atoms with Crippen LogP contribution in [0, 0.1) is 11.8 Å². The van der Waals surface area contributed by atoms with E-state index in [0.29, 0.717) is 34.8 Å². The highest BCUT2D eigenvalue weighted by atomic mass is 19.3. The average Bonchev–Trinajstić information content (AvgIpc) is 3.50. The first kappa shape index (κ1) is 26.8. The van der Waals surface area contributed by atoms with Gasteiger partial charge in [-0.25, -0.2) is 4.98 Å². The Labute approximate surface area is 233 Å². The number of benzene rings is 1. The van der Waals surface area contributed by atoms with Gasteiger partial charge in [-0.15, -0.1) is 0 Å². The lowest BCUT2D eigenvalue weighted by molar-refractivity contribution is -0.0506. The second-order valence-electron chi connectivity index (χ2n) is 11.7. The number of aliphatic hydroxyl groups is 1. The molecule has 2 fully saturated rings. The molecule has 2 aliphatic carbocycles. The summed E-state index contributed by atoms with van der Waals surface area (Å²) in [5.74, 6) is 1.17. The first-order chi connectivity index (χ1) is 19.2. The predicted molar refractivity (Wildman–Crippen MR) is 153 cm³/mol. The summed E-state index contributed by atoms with van der Waals surface area (Å²) in [4.78, 5) is 9.55. The summed E-state index contributed by atoms with van der Waals surface area (Å²) in [7, 11) is 0. The lowest BCUT2D eigenvalue weighted by Crippen LogP contribution is -2.57. The molecule has 2 unspecified atom stereocenters. The van der Waals surface area contributed by atoms with Crippen LogP contribution in [0.4, 0.5) is 8.78 Å². The largest absolute Gasteiger partial charge is 0.435 e. The molecule has 40 heavy (non-hydrogen) atoms. The maximum Gasteiger partial charge on any atom is 0.387 e. The van der Waals surface area contributed by atoms with Gasteiger partial charge >= 0.3 is 6.61 Å². The van der Waals surface area contributed by atoms with E-state index in [4.69, 9.17) is 14.7 Å². The number of ether oxygens (including phenoxy) is 1. The minimum atomic E-state index is -2.94. The summed E-state index contributed by atoms with van der Waals surface area (Å²) in [6.45, 7) is 8.21. The van der Waals surface area contributed by atoms with Crippen molar-refractivity contribution in [2.24, 2.45) is 16.8 Å². The van der Waals surface area contributed by atoms with Crippen molar-refractivity contribution in [3.63, 3.8) is 0 Å². The normalized spacial score (nSPS) is 29.6. The van der Waals surface area contributed by atoms with Gasteiger partial charge in [-0.1, -0.05) is 44.2 Å². The lowest BCUT2D eigenvalue weighted by atomic mass is 9.82. The molecule has 2 N–H and O–H groups in total. The molecule has 1 aliphatic heterocycles. The summed E-state index contributed by atoms with van der Waals surface area (Å²) in [5.41, 5.74) is 4.59. The number of nitrogens with one attached hydrogen (secondary N) is 1. The van der Waals surface area contributed by atoms with Crippen molar-refractivity contribution >= 4 is 16.9 Å². The van der Waals surface area contributed by atoms with Gasteiger partial charge in [0.05, 0.1) is 11.4 Å². The van der Waals surface area contributed by atoms with Crippen LogP contribution in [0.1, 0.15) is 74.9 Å². The van der Waals surface area contributed by atoms with Crippen molar-refractivity contribution in [2.45, 2.75) is 70.1 Å². The number of alkyl halides is 2. The van der Waals surface area contributed by atoms with Crippen molar-refractivity contribution < 1.29 is 18.6 Å². The molecule has 1 spiro atoms. The fourth-order valence-electron chi connectivity index (χ4n) is 6.95. The Balaban J connectivity index is 1.33. The predicted octanol–water partition coefficient (Wildman–Crippen LogP) is 6.44. The Morgan fingerprint density at radius 1 is 1.27 bits per heavy atom. The molecular weight excluding hydrogens is 510 g/mol. The molecule has 3 aromatic rings. The Kier molecular flexibility index (Phi) is 6.66. The van der Waals surface area contributed by atoms with E-state index in [1.54, 1.807) is 31.2 Å². The van der Waals surface area contributed by atoms with Gasteiger partial charge in [0.2, 0.25) is 0 Å². The van der Waals surface area contributed by atoms with Crippen LogP contribution in [0.2, 0.25) is 0 Å². The number of allylic oxidation sites excluding steroid dienone is 2. The van der Waals surface area contributed by atoms with E-state index >= 15 is 0 Å². The van der Waals surface area contributed by atoms with E-state index in [0.717, 1.165) is 41.4 Å². The SMILES string of the molecule is C=C/C(=C\N=C(/C)C[C@@H]1CNC12C[C@H]2CC)c1ccc2nc3c(n2c1)[C@@H](c1ccccc1OC(F)F)CC3(C)O. The number of hydrogen-bond donors (Lipinski definition) is 2. The number of rotatable bonds is 9. The van der Waals surface area contributed by atoms with Gasteiger partial charge in [-0.3, -0.25) is 4.99 Å². The van der Waals surface area contributed by atoms with E-state index in [9.17, 15) is 13.9 Å². The van der Waals surface area contributed by atoms with Gasteiger partial charge in [0.1, 0.15) is 17.0 Å². The number of halogens is 2. The zero-order valence-electron chi connectivity index (χ0n) is 23.2. The first-order valence-electron chi connectivity index (χ1n) is 14.1. The third kappa shape index (κ3) is 4.47. The highest BCUT2D eigenvalue weighted by molar-refractivity contribution is 5.85. The Morgan fingerprint density at radius 3 is 2.75 bits per heavy atom. The number of aliphatic imine (C=N–C) groups is 1. The van der Waals surface area contributed by atoms with E-state index in [-0.39, 0.29) is 11.7 Å². The topological polar surface area (TPSA) is 71.2 Å². The number of fused-ring (bicyclic) bond motifs is 3. The van der Waals surface area contributed by atoms with Gasteiger partial charge in [0, 0.05) is 47.2 Å². The zero-order chi connectivity index (χ0) is 28.2. The molecule has 0 amide bonds. The van der Waals surface area contributed by atoms with Crippen LogP contribution in [0.5, 0.6) is 5.75 Å². The van der Waals surface area contributed by atoms with Crippen LogP contribution in [-0.2, 0) is 5.60 Å². The molecule has 2 aromatic heterocycles. The highest BCUT2D eigenvalue weighted by Gasteiger charge is 2.62. The first-order valence-corrected chi connectivity index (χ1v) is 14.1. The molecule has 3 aliphatic rings. The second kappa shape index (κ2) is 9.93. The molecule has 0 bridgehead atoms. The van der Waals surface area contributed by atoms with E-state index in [2.05, 4.69) is 25.7 Å². The van der Waals surface area contributed by atoms with Gasteiger partial charge < -0.3 is 19.6 Å². The van der Waals surface area contributed by atoms with Crippen LogP contribution in [-0.4, -0.2) is 38.9 Å². The third-order valence-corrected chi connectivity index (χ3v) is 9.18. The second-order valence-corrected chi connectivity index (χ2v) is 11.7. The number of aromatic nitrogens is 2. The average molecular weight is 547 g/mol. The molecule has 5 atom stereocenters. The van der Waals surface area contributed by atoms with Gasteiger partial charge in [-0.2, -0.15) is 8.78 Å². The van der Waals surface area contributed by atoms with Crippen LogP contribution >= 0.6 is 0 Å². The fraction of sp³-hybridized carbons (Fsp3) is 0.438. The fourth-order valence-corrected chi connectivity index (χ4v) is 6.95. The molecular formula is C32H36F2N4O2. The zero-order valence-corrected chi connectivity index (χ0v) is 23.2. The summed E-state index contributed by atoms with van der Waals surface area (Å²) in [5, 5.41) is 14.9. The van der Waals surface area contributed by atoms with E-state index in [1.807, 2.05) is 28.9 Å². The van der Waals surface area contributed by atoms with Crippen molar-refractivity contribution in [2.75, 3.05) is 6.54 Å². The van der Waals surface area contributed by atoms with Gasteiger partial charge in [0.15, 0.2) is 0 Å². The maximum atomic E-state index is 13.2. The number of para-hydroxylation sites is 1. The number of hydrogen-bond acceptors (Lipinski definition) is 5. The lowest BCUT2D eigenvalue weighted by Gasteiger charge is -2.40. The van der Waals surface area contributed by atoms with Crippen molar-refractivity contribution in [3.05, 3.63) is 84.0 Å². The third-order valence-electron chi connectivity index (χ3n) is 9.18. The molecule has 1 aromatic carbocycles. The summed E-state index contributed by atoms with van der Waals surface area (Å²) in [6, 6.07) is 10.6. The molecule has 3 heterocycles. The van der Waals surface area contributed by atoms with Crippen LogP contribution in [0.3, 0.4) is 0 Å². The smallest absolute Gasteiger partial charge is 0.387 e. The van der Waals surface area contributed by atoms with Gasteiger partial charge in [0.25, 0.3) is 0 Å². The molecule has 0 radical (unpaired) electrons. The molecule has 210 valence electrons. The Morgan fingerprint density at radius 2 is 2.08 bits per heavy atom. The van der Waals surface area contributed by atoms with Gasteiger partial charge in [-0.05, 0) is 68.7 Å². The molecule has 6 rings (SSSR count). The molecule has 6 nitrogen and oxygen atoms in total. The standard InChI is InChI=1S/C32H36F2N4O2/c1-5-20(16-35-19(3)13-23-17-36-32(23)14-22(32)6-2)21-11-12-27-37-29-28(38(27)18-21)25(15-31(29,4)39)24-9-7-8-10-26(24)40-30(33)34/h5,7-12,16,18,22-23,25,30,36,39H,1,6,13-15,17H2,2-4H3/b20-16+,35-19+/t22-,23-,25-,31?,32?/m1/s1.